The molecule has 1 aliphatic rings. The van der Waals surface area contributed by atoms with E-state index in [2.05, 4.69) is 15.6 Å². The lowest BCUT2D eigenvalue weighted by molar-refractivity contribution is -0.145. The largest absolute Gasteiger partial charge is 0.480 e. The first-order chi connectivity index (χ1) is 14.6. The van der Waals surface area contributed by atoms with E-state index in [-0.39, 0.29) is 18.4 Å². The molecule has 1 heterocycles. The second-order valence-corrected chi connectivity index (χ2v) is 7.73. The van der Waals surface area contributed by atoms with Crippen LogP contribution in [0.2, 0.25) is 0 Å². The minimum Gasteiger partial charge on any atom is -0.480 e. The Kier molecular flexibility index (Phi) is 10.7. The van der Waals surface area contributed by atoms with Crippen molar-refractivity contribution in [2.45, 2.75) is 64.1 Å². The summed E-state index contributed by atoms with van der Waals surface area (Å²) in [5, 5.41) is 14.4. The lowest BCUT2D eigenvalue weighted by Gasteiger charge is -2.27. The van der Waals surface area contributed by atoms with Crippen LogP contribution in [0, 0.1) is 5.92 Å². The molecule has 3 amide bonds. The van der Waals surface area contributed by atoms with Gasteiger partial charge in [-0.1, -0.05) is 20.3 Å². The Hall–Kier alpha value is -2.89. The Morgan fingerprint density at radius 2 is 1.94 bits per heavy atom. The summed E-state index contributed by atoms with van der Waals surface area (Å²) >= 11 is 0. The number of guanidine groups is 1. The number of amides is 3. The van der Waals surface area contributed by atoms with Crippen molar-refractivity contribution >= 4 is 29.7 Å². The molecule has 12 heteroatoms. The van der Waals surface area contributed by atoms with Gasteiger partial charge in [0.2, 0.25) is 17.7 Å². The highest BCUT2D eigenvalue weighted by Gasteiger charge is 2.36. The minimum absolute atomic E-state index is 0.0355. The molecule has 176 valence electrons. The monoisotopic (exact) mass is 441 g/mol. The molecule has 0 aliphatic carbocycles. The van der Waals surface area contributed by atoms with Crippen molar-refractivity contribution in [2.75, 3.05) is 19.6 Å². The molecule has 31 heavy (non-hydrogen) atoms. The van der Waals surface area contributed by atoms with Crippen LogP contribution in [0.5, 0.6) is 0 Å². The van der Waals surface area contributed by atoms with Crippen molar-refractivity contribution in [3.63, 3.8) is 0 Å². The molecule has 4 atom stereocenters. The number of aliphatic carboxylic acids is 1. The Morgan fingerprint density at radius 3 is 2.52 bits per heavy atom. The SMILES string of the molecule is CCC(C)C(NC(=O)C1CCCN1C(=O)CNC(=O)C(N)CCCN=C(N)N)C(=O)O. The summed E-state index contributed by atoms with van der Waals surface area (Å²) in [5.41, 5.74) is 16.3. The summed E-state index contributed by atoms with van der Waals surface area (Å²) in [6.07, 6.45) is 2.49. The molecule has 1 saturated heterocycles. The van der Waals surface area contributed by atoms with Gasteiger partial charge in [-0.15, -0.1) is 0 Å². The fourth-order valence-corrected chi connectivity index (χ4v) is 3.32. The standard InChI is InChI=1S/C19H35N7O5/c1-3-11(2)15(18(30)31)25-17(29)13-7-5-9-26(13)14(27)10-24-16(28)12(20)6-4-8-23-19(21)22/h11-13,15H,3-10,20H2,1-2H3,(H,24,28)(H,25,29)(H,30,31)(H4,21,22,23). The molecular formula is C19H35N7O5. The fraction of sp³-hybridized carbons (Fsp3) is 0.737. The van der Waals surface area contributed by atoms with Gasteiger partial charge in [-0.3, -0.25) is 19.4 Å². The molecule has 1 rings (SSSR count). The fourth-order valence-electron chi connectivity index (χ4n) is 3.32. The summed E-state index contributed by atoms with van der Waals surface area (Å²) in [5.74, 6) is -2.80. The van der Waals surface area contributed by atoms with Gasteiger partial charge in [-0.2, -0.15) is 0 Å². The molecule has 1 aliphatic heterocycles. The van der Waals surface area contributed by atoms with E-state index < -0.39 is 41.8 Å². The topological polar surface area (TPSA) is 206 Å². The highest BCUT2D eigenvalue weighted by Crippen LogP contribution is 2.18. The highest BCUT2D eigenvalue weighted by atomic mass is 16.4. The Balaban J connectivity index is 2.56. The van der Waals surface area contributed by atoms with Gasteiger partial charge in [-0.25, -0.2) is 4.79 Å². The number of nitrogens with zero attached hydrogens (tertiary/aromatic N) is 2. The van der Waals surface area contributed by atoms with Crippen LogP contribution in [0.3, 0.4) is 0 Å². The van der Waals surface area contributed by atoms with Crippen molar-refractivity contribution in [2.24, 2.45) is 28.1 Å². The lowest BCUT2D eigenvalue weighted by atomic mass is 9.99. The van der Waals surface area contributed by atoms with Gasteiger partial charge in [-0.05, 0) is 31.6 Å². The van der Waals surface area contributed by atoms with Crippen LogP contribution in [0.1, 0.15) is 46.0 Å². The number of rotatable bonds is 12. The number of carboxylic acids is 1. The Bertz CT molecular complexity index is 681. The molecular weight excluding hydrogens is 406 g/mol. The molecule has 4 unspecified atom stereocenters. The predicted octanol–water partition coefficient (Wildman–Crippen LogP) is -1.91. The van der Waals surface area contributed by atoms with Gasteiger partial charge in [0, 0.05) is 13.1 Å². The highest BCUT2D eigenvalue weighted by molar-refractivity contribution is 5.93. The van der Waals surface area contributed by atoms with Crippen molar-refractivity contribution in [1.82, 2.24) is 15.5 Å². The van der Waals surface area contributed by atoms with Gasteiger partial charge in [0.1, 0.15) is 12.1 Å². The van der Waals surface area contributed by atoms with Crippen molar-refractivity contribution in [3.05, 3.63) is 0 Å². The van der Waals surface area contributed by atoms with E-state index in [4.69, 9.17) is 17.2 Å². The number of carbonyl (C=O) groups is 4. The van der Waals surface area contributed by atoms with E-state index >= 15 is 0 Å². The molecule has 1 fully saturated rings. The average Bonchev–Trinajstić information content (AvgIpc) is 3.21. The molecule has 0 radical (unpaired) electrons. The van der Waals surface area contributed by atoms with E-state index in [9.17, 15) is 24.3 Å². The van der Waals surface area contributed by atoms with Crippen LogP contribution < -0.4 is 27.8 Å². The van der Waals surface area contributed by atoms with Gasteiger partial charge >= 0.3 is 5.97 Å². The van der Waals surface area contributed by atoms with Crippen molar-refractivity contribution < 1.29 is 24.3 Å². The first-order valence-electron chi connectivity index (χ1n) is 10.5. The number of carbonyl (C=O) groups excluding carboxylic acids is 3. The maximum absolute atomic E-state index is 12.6. The van der Waals surface area contributed by atoms with Crippen LogP contribution in [-0.2, 0) is 19.2 Å². The minimum atomic E-state index is -1.11. The maximum Gasteiger partial charge on any atom is 0.326 e. The van der Waals surface area contributed by atoms with Crippen molar-refractivity contribution in [1.29, 1.82) is 0 Å². The number of hydrogen-bond donors (Lipinski definition) is 6. The molecule has 0 aromatic carbocycles. The number of nitrogens with one attached hydrogen (secondary N) is 2. The Labute approximate surface area is 182 Å². The molecule has 12 nitrogen and oxygen atoms in total. The van der Waals surface area contributed by atoms with Crippen molar-refractivity contribution in [3.8, 4) is 0 Å². The summed E-state index contributed by atoms with van der Waals surface area (Å²) in [6.45, 7) is 4.00. The second-order valence-electron chi connectivity index (χ2n) is 7.73. The normalized spacial score (nSPS) is 18.5. The van der Waals surface area contributed by atoms with E-state index in [1.807, 2.05) is 6.92 Å². The van der Waals surface area contributed by atoms with E-state index in [0.29, 0.717) is 45.2 Å². The predicted molar refractivity (Wildman–Crippen MR) is 115 cm³/mol. The smallest absolute Gasteiger partial charge is 0.326 e. The van der Waals surface area contributed by atoms with Crippen LogP contribution in [0.15, 0.2) is 4.99 Å². The molecule has 0 spiro atoms. The third-order valence-electron chi connectivity index (χ3n) is 5.37. The number of hydrogen-bond acceptors (Lipinski definition) is 6. The molecule has 0 bridgehead atoms. The van der Waals surface area contributed by atoms with Gasteiger partial charge in [0.15, 0.2) is 5.96 Å². The lowest BCUT2D eigenvalue weighted by Crippen LogP contribution is -2.54. The van der Waals surface area contributed by atoms with Crippen LogP contribution in [0.4, 0.5) is 0 Å². The molecule has 0 aromatic rings. The summed E-state index contributed by atoms with van der Waals surface area (Å²) in [6, 6.07) is -2.60. The number of aliphatic imine (C=N–C) groups is 1. The number of likely N-dealkylation sites (tertiary alicyclic amines) is 1. The van der Waals surface area contributed by atoms with E-state index in [0.717, 1.165) is 0 Å². The summed E-state index contributed by atoms with van der Waals surface area (Å²) in [4.78, 5) is 53.9. The van der Waals surface area contributed by atoms with Crippen LogP contribution in [0.25, 0.3) is 0 Å². The quantitative estimate of drug-likeness (QED) is 0.114. The van der Waals surface area contributed by atoms with Crippen LogP contribution >= 0.6 is 0 Å². The summed E-state index contributed by atoms with van der Waals surface area (Å²) < 4.78 is 0. The number of nitrogens with two attached hydrogens (primary N) is 3. The third kappa shape index (κ3) is 8.40. The molecule has 0 aromatic heterocycles. The molecule has 9 N–H and O–H groups in total. The van der Waals surface area contributed by atoms with E-state index in [1.54, 1.807) is 6.92 Å². The summed E-state index contributed by atoms with van der Waals surface area (Å²) in [7, 11) is 0. The van der Waals surface area contributed by atoms with E-state index in [1.165, 1.54) is 4.90 Å². The third-order valence-corrected chi connectivity index (χ3v) is 5.37. The first-order valence-corrected chi connectivity index (χ1v) is 10.5. The second kappa shape index (κ2) is 12.7. The zero-order valence-electron chi connectivity index (χ0n) is 18.2. The first kappa shape index (κ1) is 26.1. The average molecular weight is 442 g/mol. The van der Waals surface area contributed by atoms with Gasteiger partial charge in [0.25, 0.3) is 0 Å². The maximum atomic E-state index is 12.6. The van der Waals surface area contributed by atoms with Crippen LogP contribution in [-0.4, -0.2) is 77.4 Å². The zero-order chi connectivity index (χ0) is 23.6. The van der Waals surface area contributed by atoms with Gasteiger partial charge < -0.3 is 37.8 Å². The molecule has 0 saturated carbocycles. The van der Waals surface area contributed by atoms with Gasteiger partial charge in [0.05, 0.1) is 12.6 Å². The Morgan fingerprint density at radius 1 is 1.26 bits per heavy atom. The number of carboxylic acid groups (broad SMARTS) is 1. The zero-order valence-corrected chi connectivity index (χ0v) is 18.2.